The molecular weight excluding hydrogens is 398 g/mol. The molecular formula is C20H14ClN3OS2. The summed E-state index contributed by atoms with van der Waals surface area (Å²) in [7, 11) is 0. The van der Waals surface area contributed by atoms with Crippen LogP contribution in [0, 0.1) is 0 Å². The van der Waals surface area contributed by atoms with Crippen LogP contribution in [0.3, 0.4) is 0 Å². The maximum Gasteiger partial charge on any atom is 0.236 e. The fourth-order valence-corrected chi connectivity index (χ4v) is 4.28. The number of carbonyl (C=O) groups is 1. The molecule has 0 aliphatic heterocycles. The molecule has 0 fully saturated rings. The van der Waals surface area contributed by atoms with Crippen LogP contribution in [0.15, 0.2) is 71.9 Å². The van der Waals surface area contributed by atoms with Gasteiger partial charge in [-0.15, -0.1) is 11.8 Å². The highest BCUT2D eigenvalue weighted by molar-refractivity contribution is 8.00. The number of anilines is 1. The van der Waals surface area contributed by atoms with Gasteiger partial charge >= 0.3 is 0 Å². The quantitative estimate of drug-likeness (QED) is 0.425. The third-order valence-corrected chi connectivity index (χ3v) is 6.03. The molecule has 0 saturated heterocycles. The van der Waals surface area contributed by atoms with Gasteiger partial charge in [0.15, 0.2) is 5.13 Å². The first kappa shape index (κ1) is 18.0. The van der Waals surface area contributed by atoms with E-state index in [4.69, 9.17) is 11.6 Å². The summed E-state index contributed by atoms with van der Waals surface area (Å²) in [4.78, 5) is 21.8. The maximum atomic E-state index is 12.2. The number of rotatable bonds is 5. The van der Waals surface area contributed by atoms with Crippen molar-refractivity contribution in [2.24, 2.45) is 0 Å². The Labute approximate surface area is 169 Å². The predicted octanol–water partition coefficient (Wildman–Crippen LogP) is 5.74. The molecule has 2 aromatic heterocycles. The average Bonchev–Trinajstić information content (AvgIpc) is 3.09. The van der Waals surface area contributed by atoms with Crippen molar-refractivity contribution in [1.29, 1.82) is 0 Å². The number of nitrogens with one attached hydrogen (secondary N) is 1. The van der Waals surface area contributed by atoms with Crippen molar-refractivity contribution >= 4 is 56.0 Å². The second-order valence-corrected chi connectivity index (χ2v) is 8.24. The zero-order valence-electron chi connectivity index (χ0n) is 14.1. The molecule has 1 amide bonds. The van der Waals surface area contributed by atoms with E-state index in [1.54, 1.807) is 12.4 Å². The van der Waals surface area contributed by atoms with E-state index in [0.29, 0.717) is 15.9 Å². The van der Waals surface area contributed by atoms with Crippen LogP contribution in [-0.4, -0.2) is 21.6 Å². The highest BCUT2D eigenvalue weighted by Crippen LogP contribution is 2.30. The van der Waals surface area contributed by atoms with Crippen molar-refractivity contribution in [3.05, 3.63) is 72.0 Å². The molecule has 0 aliphatic carbocycles. The van der Waals surface area contributed by atoms with Gasteiger partial charge in [-0.25, -0.2) is 4.98 Å². The summed E-state index contributed by atoms with van der Waals surface area (Å²) < 4.78 is 1.03. The van der Waals surface area contributed by atoms with Gasteiger partial charge in [0.25, 0.3) is 0 Å². The third-order valence-electron chi connectivity index (χ3n) is 3.83. The van der Waals surface area contributed by atoms with E-state index < -0.39 is 0 Å². The Morgan fingerprint density at radius 1 is 1.04 bits per heavy atom. The number of thiazole rings is 1. The van der Waals surface area contributed by atoms with E-state index in [1.165, 1.54) is 23.1 Å². The molecule has 0 radical (unpaired) electrons. The van der Waals surface area contributed by atoms with Gasteiger partial charge in [0.2, 0.25) is 5.91 Å². The Morgan fingerprint density at radius 3 is 2.59 bits per heavy atom. The minimum absolute atomic E-state index is 0.0802. The van der Waals surface area contributed by atoms with Crippen LogP contribution in [0.5, 0.6) is 0 Å². The number of pyridine rings is 1. The fourth-order valence-electron chi connectivity index (χ4n) is 2.54. The lowest BCUT2D eigenvalue weighted by molar-refractivity contribution is -0.113. The number of benzene rings is 2. The molecule has 0 bridgehead atoms. The molecule has 2 aromatic carbocycles. The van der Waals surface area contributed by atoms with Gasteiger partial charge in [0, 0.05) is 22.3 Å². The van der Waals surface area contributed by atoms with Crippen LogP contribution in [0.4, 0.5) is 5.13 Å². The van der Waals surface area contributed by atoms with E-state index in [2.05, 4.69) is 21.4 Å². The SMILES string of the molecule is O=C(CSc1ccc(Cl)cc1)Nc1nc2ccc(-c3ccncc3)cc2s1. The summed E-state index contributed by atoms with van der Waals surface area (Å²) in [6, 6.07) is 17.5. The molecule has 4 nitrogen and oxygen atoms in total. The smallest absolute Gasteiger partial charge is 0.236 e. The Hall–Kier alpha value is -2.41. The molecule has 1 N–H and O–H groups in total. The van der Waals surface area contributed by atoms with Gasteiger partial charge in [-0.2, -0.15) is 0 Å². The summed E-state index contributed by atoms with van der Waals surface area (Å²) in [5.74, 6) is 0.239. The second kappa shape index (κ2) is 8.08. The average molecular weight is 412 g/mol. The van der Waals surface area contributed by atoms with Crippen LogP contribution in [-0.2, 0) is 4.79 Å². The second-order valence-electron chi connectivity index (χ2n) is 5.73. The molecule has 4 rings (SSSR count). The molecule has 2 heterocycles. The molecule has 0 atom stereocenters. The van der Waals surface area contributed by atoms with Gasteiger partial charge in [0.1, 0.15) is 0 Å². The summed E-state index contributed by atoms with van der Waals surface area (Å²) in [5.41, 5.74) is 3.08. The molecule has 134 valence electrons. The van der Waals surface area contributed by atoms with Gasteiger partial charge in [-0.1, -0.05) is 29.0 Å². The molecule has 7 heteroatoms. The summed E-state index contributed by atoms with van der Waals surface area (Å²) in [5, 5.41) is 4.18. The van der Waals surface area contributed by atoms with Gasteiger partial charge in [-0.05, 0) is 59.7 Å². The number of amides is 1. The lowest BCUT2D eigenvalue weighted by Crippen LogP contribution is -2.13. The van der Waals surface area contributed by atoms with Crippen LogP contribution in [0.2, 0.25) is 5.02 Å². The number of fused-ring (bicyclic) bond motifs is 1. The Bertz CT molecular complexity index is 1080. The summed E-state index contributed by atoms with van der Waals surface area (Å²) >= 11 is 8.81. The van der Waals surface area contributed by atoms with E-state index in [1.807, 2.05) is 48.5 Å². The molecule has 27 heavy (non-hydrogen) atoms. The minimum Gasteiger partial charge on any atom is -0.301 e. The summed E-state index contributed by atoms with van der Waals surface area (Å²) in [6.45, 7) is 0. The zero-order valence-corrected chi connectivity index (χ0v) is 16.4. The number of hydrogen-bond acceptors (Lipinski definition) is 5. The Morgan fingerprint density at radius 2 is 1.81 bits per heavy atom. The van der Waals surface area contributed by atoms with Crippen LogP contribution in [0.25, 0.3) is 21.3 Å². The zero-order chi connectivity index (χ0) is 18.6. The lowest BCUT2D eigenvalue weighted by Gasteiger charge is -2.02. The third kappa shape index (κ3) is 4.47. The van der Waals surface area contributed by atoms with E-state index in [-0.39, 0.29) is 5.91 Å². The van der Waals surface area contributed by atoms with Gasteiger partial charge in [-0.3, -0.25) is 9.78 Å². The van der Waals surface area contributed by atoms with Gasteiger partial charge < -0.3 is 5.32 Å². The van der Waals surface area contributed by atoms with E-state index in [0.717, 1.165) is 26.2 Å². The van der Waals surface area contributed by atoms with Crippen molar-refractivity contribution in [1.82, 2.24) is 9.97 Å². The number of nitrogens with zero attached hydrogens (tertiary/aromatic N) is 2. The van der Waals surface area contributed by atoms with E-state index in [9.17, 15) is 4.79 Å². The normalized spacial score (nSPS) is 10.9. The lowest BCUT2D eigenvalue weighted by atomic mass is 10.1. The molecule has 0 spiro atoms. The predicted molar refractivity (Wildman–Crippen MR) is 114 cm³/mol. The van der Waals surface area contributed by atoms with Crippen molar-refractivity contribution in [3.63, 3.8) is 0 Å². The highest BCUT2D eigenvalue weighted by Gasteiger charge is 2.09. The first-order chi connectivity index (χ1) is 13.2. The van der Waals surface area contributed by atoms with Crippen LogP contribution >= 0.6 is 34.7 Å². The topological polar surface area (TPSA) is 54.9 Å². The van der Waals surface area contributed by atoms with E-state index >= 15 is 0 Å². The standard InChI is InChI=1S/C20H14ClN3OS2/c21-15-2-4-16(5-3-15)26-12-19(25)24-20-23-17-6-1-14(11-18(17)27-20)13-7-9-22-10-8-13/h1-11H,12H2,(H,23,24,25). The number of hydrogen-bond donors (Lipinski definition) is 1. The number of carbonyl (C=O) groups excluding carboxylic acids is 1. The van der Waals surface area contributed by atoms with Crippen LogP contribution < -0.4 is 5.32 Å². The molecule has 0 aliphatic rings. The molecule has 0 saturated carbocycles. The fraction of sp³-hybridized carbons (Fsp3) is 0.0500. The van der Waals surface area contributed by atoms with Crippen molar-refractivity contribution in [2.45, 2.75) is 4.90 Å². The molecule has 0 unspecified atom stereocenters. The number of thioether (sulfide) groups is 1. The first-order valence-corrected chi connectivity index (χ1v) is 10.3. The number of halogens is 1. The Balaban J connectivity index is 1.44. The monoisotopic (exact) mass is 411 g/mol. The highest BCUT2D eigenvalue weighted by atomic mass is 35.5. The van der Waals surface area contributed by atoms with Crippen molar-refractivity contribution in [2.75, 3.05) is 11.1 Å². The van der Waals surface area contributed by atoms with Crippen molar-refractivity contribution < 1.29 is 4.79 Å². The maximum absolute atomic E-state index is 12.2. The summed E-state index contributed by atoms with van der Waals surface area (Å²) in [6.07, 6.45) is 3.55. The largest absolute Gasteiger partial charge is 0.301 e. The van der Waals surface area contributed by atoms with Crippen molar-refractivity contribution in [3.8, 4) is 11.1 Å². The van der Waals surface area contributed by atoms with Crippen LogP contribution in [0.1, 0.15) is 0 Å². The van der Waals surface area contributed by atoms with Gasteiger partial charge in [0.05, 0.1) is 16.0 Å². The molecule has 4 aromatic rings. The minimum atomic E-state index is -0.0802. The Kier molecular flexibility index (Phi) is 5.38. The first-order valence-electron chi connectivity index (χ1n) is 8.16. The number of aromatic nitrogens is 2.